The number of nitrogens with zero attached hydrogens (tertiary/aromatic N) is 2. The summed E-state index contributed by atoms with van der Waals surface area (Å²) in [5, 5.41) is 3.29. The molecule has 3 nitrogen and oxygen atoms in total. The maximum Gasteiger partial charge on any atom is 0.132 e. The topological polar surface area (TPSA) is 28.2 Å². The maximum atomic E-state index is 4.49. The van der Waals surface area contributed by atoms with E-state index in [2.05, 4.69) is 46.4 Å². The Labute approximate surface area is 108 Å². The standard InChI is InChI=1S/C15H19N3/c1-3-16-11-13-9-10-15(17-12-13)18(2)14-7-5-4-6-8-14/h4-10,12,16H,3,11H2,1-2H3. The Morgan fingerprint density at radius 2 is 1.89 bits per heavy atom. The van der Waals surface area contributed by atoms with E-state index in [1.54, 1.807) is 0 Å². The van der Waals surface area contributed by atoms with Crippen molar-refractivity contribution in [2.75, 3.05) is 18.5 Å². The van der Waals surface area contributed by atoms with Crippen molar-refractivity contribution in [1.82, 2.24) is 10.3 Å². The molecular formula is C15H19N3. The van der Waals surface area contributed by atoms with Crippen LogP contribution in [-0.2, 0) is 6.54 Å². The molecule has 0 saturated heterocycles. The molecule has 0 bridgehead atoms. The molecule has 3 heteroatoms. The summed E-state index contributed by atoms with van der Waals surface area (Å²) in [5.74, 6) is 0.960. The molecule has 1 aromatic heterocycles. The van der Waals surface area contributed by atoms with Gasteiger partial charge in [-0.1, -0.05) is 31.2 Å². The van der Waals surface area contributed by atoms with Crippen LogP contribution in [-0.4, -0.2) is 18.6 Å². The average Bonchev–Trinajstić information content (AvgIpc) is 2.46. The second-order valence-corrected chi connectivity index (χ2v) is 4.20. The number of benzene rings is 1. The summed E-state index contributed by atoms with van der Waals surface area (Å²) in [6.07, 6.45) is 1.93. The first-order valence-electron chi connectivity index (χ1n) is 6.25. The van der Waals surface area contributed by atoms with Crippen LogP contribution < -0.4 is 10.2 Å². The predicted octanol–water partition coefficient (Wildman–Crippen LogP) is 2.96. The monoisotopic (exact) mass is 241 g/mol. The summed E-state index contributed by atoms with van der Waals surface area (Å²) in [6, 6.07) is 14.4. The Bertz CT molecular complexity index is 465. The maximum absolute atomic E-state index is 4.49. The molecule has 2 rings (SSSR count). The molecule has 0 atom stereocenters. The van der Waals surface area contributed by atoms with Crippen LogP contribution in [0.4, 0.5) is 11.5 Å². The molecule has 0 aliphatic carbocycles. The Hall–Kier alpha value is -1.87. The third kappa shape index (κ3) is 3.08. The third-order valence-corrected chi connectivity index (χ3v) is 2.88. The zero-order valence-corrected chi connectivity index (χ0v) is 10.9. The molecule has 0 aliphatic rings. The van der Waals surface area contributed by atoms with Crippen molar-refractivity contribution in [1.29, 1.82) is 0 Å². The van der Waals surface area contributed by atoms with Crippen LogP contribution in [0.2, 0.25) is 0 Å². The van der Waals surface area contributed by atoms with E-state index >= 15 is 0 Å². The molecule has 0 spiro atoms. The van der Waals surface area contributed by atoms with E-state index in [1.165, 1.54) is 5.56 Å². The van der Waals surface area contributed by atoms with Gasteiger partial charge in [-0.15, -0.1) is 0 Å². The average molecular weight is 241 g/mol. The van der Waals surface area contributed by atoms with Crippen LogP contribution in [0.3, 0.4) is 0 Å². The summed E-state index contributed by atoms with van der Waals surface area (Å²) in [4.78, 5) is 6.57. The van der Waals surface area contributed by atoms with Gasteiger partial charge in [0.1, 0.15) is 5.82 Å². The summed E-state index contributed by atoms with van der Waals surface area (Å²) >= 11 is 0. The zero-order chi connectivity index (χ0) is 12.8. The normalized spacial score (nSPS) is 10.3. The van der Waals surface area contributed by atoms with Crippen LogP contribution in [0.5, 0.6) is 0 Å². The highest BCUT2D eigenvalue weighted by Gasteiger charge is 2.04. The molecular weight excluding hydrogens is 222 g/mol. The number of rotatable bonds is 5. The fraction of sp³-hybridized carbons (Fsp3) is 0.267. The first-order chi connectivity index (χ1) is 8.81. The predicted molar refractivity (Wildman–Crippen MR) is 76.1 cm³/mol. The summed E-state index contributed by atoms with van der Waals surface area (Å²) in [5.41, 5.74) is 2.35. The minimum absolute atomic E-state index is 0.874. The number of hydrogen-bond donors (Lipinski definition) is 1. The van der Waals surface area contributed by atoms with E-state index in [0.717, 1.165) is 24.6 Å². The summed E-state index contributed by atoms with van der Waals surface area (Å²) in [6.45, 7) is 3.95. The van der Waals surface area contributed by atoms with Crippen LogP contribution in [0.1, 0.15) is 12.5 Å². The molecule has 1 heterocycles. The second kappa shape index (κ2) is 6.17. The van der Waals surface area contributed by atoms with Gasteiger partial charge < -0.3 is 10.2 Å². The van der Waals surface area contributed by atoms with E-state index in [4.69, 9.17) is 0 Å². The third-order valence-electron chi connectivity index (χ3n) is 2.88. The van der Waals surface area contributed by atoms with Gasteiger partial charge in [-0.3, -0.25) is 0 Å². The van der Waals surface area contributed by atoms with Gasteiger partial charge in [-0.2, -0.15) is 0 Å². The number of pyridine rings is 1. The number of anilines is 2. The summed E-state index contributed by atoms with van der Waals surface area (Å²) in [7, 11) is 2.03. The molecule has 0 saturated carbocycles. The van der Waals surface area contributed by atoms with E-state index in [-0.39, 0.29) is 0 Å². The first-order valence-corrected chi connectivity index (χ1v) is 6.25. The highest BCUT2D eigenvalue weighted by molar-refractivity contribution is 5.58. The Kier molecular flexibility index (Phi) is 4.31. The Balaban J connectivity index is 2.09. The minimum Gasteiger partial charge on any atom is -0.329 e. The lowest BCUT2D eigenvalue weighted by molar-refractivity contribution is 0.724. The van der Waals surface area contributed by atoms with Crippen molar-refractivity contribution in [3.8, 4) is 0 Å². The zero-order valence-electron chi connectivity index (χ0n) is 10.9. The van der Waals surface area contributed by atoms with Crippen molar-refractivity contribution >= 4 is 11.5 Å². The molecule has 18 heavy (non-hydrogen) atoms. The Morgan fingerprint density at radius 3 is 2.50 bits per heavy atom. The van der Waals surface area contributed by atoms with E-state index in [9.17, 15) is 0 Å². The van der Waals surface area contributed by atoms with Crippen molar-refractivity contribution in [2.45, 2.75) is 13.5 Å². The number of hydrogen-bond acceptors (Lipinski definition) is 3. The van der Waals surface area contributed by atoms with Gasteiger partial charge in [-0.05, 0) is 30.3 Å². The summed E-state index contributed by atoms with van der Waals surface area (Å²) < 4.78 is 0. The first kappa shape index (κ1) is 12.6. The lowest BCUT2D eigenvalue weighted by atomic mass is 10.2. The molecule has 2 aromatic rings. The molecule has 0 fully saturated rings. The lowest BCUT2D eigenvalue weighted by Gasteiger charge is -2.18. The van der Waals surface area contributed by atoms with Gasteiger partial charge >= 0.3 is 0 Å². The Morgan fingerprint density at radius 1 is 1.11 bits per heavy atom. The van der Waals surface area contributed by atoms with Gasteiger partial charge in [0, 0.05) is 25.5 Å². The SMILES string of the molecule is CCNCc1ccc(N(C)c2ccccc2)nc1. The van der Waals surface area contributed by atoms with Crippen LogP contribution in [0.15, 0.2) is 48.7 Å². The van der Waals surface area contributed by atoms with Crippen molar-refractivity contribution < 1.29 is 0 Å². The molecule has 0 unspecified atom stereocenters. The van der Waals surface area contributed by atoms with Gasteiger partial charge in [-0.25, -0.2) is 4.98 Å². The molecule has 0 amide bonds. The smallest absolute Gasteiger partial charge is 0.132 e. The lowest BCUT2D eigenvalue weighted by Crippen LogP contribution is -2.13. The molecule has 1 N–H and O–H groups in total. The van der Waals surface area contributed by atoms with Crippen LogP contribution >= 0.6 is 0 Å². The van der Waals surface area contributed by atoms with E-state index in [0.29, 0.717) is 0 Å². The van der Waals surface area contributed by atoms with Crippen LogP contribution in [0, 0.1) is 0 Å². The minimum atomic E-state index is 0.874. The number of nitrogens with one attached hydrogen (secondary N) is 1. The molecule has 0 radical (unpaired) electrons. The van der Waals surface area contributed by atoms with Gasteiger partial charge in [0.25, 0.3) is 0 Å². The largest absolute Gasteiger partial charge is 0.329 e. The van der Waals surface area contributed by atoms with Crippen LogP contribution in [0.25, 0.3) is 0 Å². The quantitative estimate of drug-likeness (QED) is 0.872. The number of para-hydroxylation sites is 1. The fourth-order valence-corrected chi connectivity index (χ4v) is 1.77. The van der Waals surface area contributed by atoms with Crippen molar-refractivity contribution in [3.63, 3.8) is 0 Å². The molecule has 0 aliphatic heterocycles. The highest BCUT2D eigenvalue weighted by Crippen LogP contribution is 2.20. The highest BCUT2D eigenvalue weighted by atomic mass is 15.2. The van der Waals surface area contributed by atoms with Crippen molar-refractivity contribution in [3.05, 3.63) is 54.2 Å². The fourth-order valence-electron chi connectivity index (χ4n) is 1.77. The van der Waals surface area contributed by atoms with E-state index < -0.39 is 0 Å². The van der Waals surface area contributed by atoms with E-state index in [1.807, 2.05) is 31.4 Å². The number of aromatic nitrogens is 1. The van der Waals surface area contributed by atoms with Gasteiger partial charge in [0.15, 0.2) is 0 Å². The second-order valence-electron chi connectivity index (χ2n) is 4.20. The molecule has 1 aromatic carbocycles. The van der Waals surface area contributed by atoms with Gasteiger partial charge in [0.2, 0.25) is 0 Å². The molecule has 94 valence electrons. The van der Waals surface area contributed by atoms with Gasteiger partial charge in [0.05, 0.1) is 0 Å². The van der Waals surface area contributed by atoms with Crippen molar-refractivity contribution in [2.24, 2.45) is 0 Å².